The molecular weight excluding hydrogens is 476 g/mol. The first-order valence-electron chi connectivity index (χ1n) is 11.0. The third-order valence-electron chi connectivity index (χ3n) is 5.68. The molecule has 0 saturated carbocycles. The van der Waals surface area contributed by atoms with Crippen molar-refractivity contribution in [2.75, 3.05) is 32.8 Å². The molecule has 8 nitrogen and oxygen atoms in total. The van der Waals surface area contributed by atoms with E-state index in [1.54, 1.807) is 17.0 Å². The number of carbonyl (C=O) groups excluding carboxylic acids is 1. The van der Waals surface area contributed by atoms with Crippen molar-refractivity contribution in [3.63, 3.8) is 0 Å². The van der Waals surface area contributed by atoms with E-state index in [1.165, 1.54) is 58.3 Å². The zero-order chi connectivity index (χ0) is 24.4. The Morgan fingerprint density at radius 3 is 2.31 bits per heavy atom. The van der Waals surface area contributed by atoms with Gasteiger partial charge in [-0.2, -0.15) is 9.61 Å². The molecule has 0 atom stereocenters. The second-order valence-electron chi connectivity index (χ2n) is 8.09. The Morgan fingerprint density at radius 2 is 1.63 bits per heavy atom. The highest BCUT2D eigenvalue weighted by molar-refractivity contribution is 7.19. The van der Waals surface area contributed by atoms with Crippen molar-refractivity contribution in [3.05, 3.63) is 82.3 Å². The highest BCUT2D eigenvalue weighted by Gasteiger charge is 2.22. The van der Waals surface area contributed by atoms with Crippen LogP contribution in [0.4, 0.5) is 8.78 Å². The maximum atomic E-state index is 13.2. The Morgan fingerprint density at radius 1 is 0.971 bits per heavy atom. The lowest BCUT2D eigenvalue weighted by Gasteiger charge is -2.34. The summed E-state index contributed by atoms with van der Waals surface area (Å²) in [5.41, 5.74) is 1.07. The molecule has 0 aliphatic carbocycles. The number of ether oxygens (including phenoxy) is 1. The molecule has 0 bridgehead atoms. The number of nitrogens with zero attached hydrogens (tertiary/aromatic N) is 5. The number of hydrogen-bond donors (Lipinski definition) is 0. The molecule has 0 N–H and O–H groups in total. The summed E-state index contributed by atoms with van der Waals surface area (Å²) in [7, 11) is 0. The summed E-state index contributed by atoms with van der Waals surface area (Å²) in [4.78, 5) is 34.0. The third-order valence-corrected chi connectivity index (χ3v) is 6.63. The molecule has 180 valence electrons. The number of rotatable bonds is 6. The molecule has 2 aromatic carbocycles. The van der Waals surface area contributed by atoms with E-state index in [9.17, 15) is 18.4 Å². The summed E-state index contributed by atoms with van der Waals surface area (Å²) in [5, 5.41) is 4.91. The highest BCUT2D eigenvalue weighted by Crippen LogP contribution is 2.24. The van der Waals surface area contributed by atoms with Gasteiger partial charge in [0, 0.05) is 44.4 Å². The number of fused-ring (bicyclic) bond motifs is 1. The number of amides is 1. The van der Waals surface area contributed by atoms with Crippen molar-refractivity contribution in [2.24, 2.45) is 0 Å². The number of halogens is 2. The van der Waals surface area contributed by atoms with Crippen molar-refractivity contribution in [2.45, 2.75) is 6.54 Å². The zero-order valence-electron chi connectivity index (χ0n) is 18.6. The quantitative estimate of drug-likeness (QED) is 0.408. The fourth-order valence-corrected chi connectivity index (χ4v) is 4.73. The maximum absolute atomic E-state index is 13.2. The van der Waals surface area contributed by atoms with Gasteiger partial charge in [-0.15, -0.1) is 0 Å². The van der Waals surface area contributed by atoms with Gasteiger partial charge < -0.3 is 9.64 Å². The Hall–Kier alpha value is -3.70. The molecule has 0 spiro atoms. The first-order valence-corrected chi connectivity index (χ1v) is 11.8. The van der Waals surface area contributed by atoms with E-state index in [-0.39, 0.29) is 29.7 Å². The van der Waals surface area contributed by atoms with Crippen LogP contribution in [0, 0.1) is 11.6 Å². The van der Waals surface area contributed by atoms with Crippen LogP contribution in [0.25, 0.3) is 15.5 Å². The molecule has 3 heterocycles. The molecule has 1 aliphatic rings. The van der Waals surface area contributed by atoms with Gasteiger partial charge in [-0.3, -0.25) is 14.5 Å². The number of hydrogen-bond acceptors (Lipinski definition) is 7. The van der Waals surface area contributed by atoms with Crippen LogP contribution in [0.2, 0.25) is 0 Å². The predicted octanol–water partition coefficient (Wildman–Crippen LogP) is 2.82. The van der Waals surface area contributed by atoms with Crippen LogP contribution in [0.5, 0.6) is 5.75 Å². The fourth-order valence-electron chi connectivity index (χ4n) is 3.80. The Kier molecular flexibility index (Phi) is 6.51. The highest BCUT2D eigenvalue weighted by atomic mass is 32.1. The molecule has 2 aromatic heterocycles. The molecule has 35 heavy (non-hydrogen) atoms. The molecule has 1 saturated heterocycles. The van der Waals surface area contributed by atoms with E-state index < -0.39 is 0 Å². The van der Waals surface area contributed by atoms with Crippen molar-refractivity contribution in [3.8, 4) is 16.3 Å². The summed E-state index contributed by atoms with van der Waals surface area (Å²) in [6, 6.07) is 12.9. The first-order chi connectivity index (χ1) is 16.9. The smallest absolute Gasteiger partial charge is 0.275 e. The molecule has 0 radical (unpaired) electrons. The Labute approximate surface area is 203 Å². The normalized spacial score (nSPS) is 14.4. The summed E-state index contributed by atoms with van der Waals surface area (Å²) in [6.07, 6.45) is 0. The lowest BCUT2D eigenvalue weighted by Crippen LogP contribution is -2.49. The maximum Gasteiger partial charge on any atom is 0.275 e. The summed E-state index contributed by atoms with van der Waals surface area (Å²) in [6.45, 7) is 2.69. The Bertz CT molecular complexity index is 1400. The van der Waals surface area contributed by atoms with Crippen molar-refractivity contribution in [1.82, 2.24) is 24.4 Å². The van der Waals surface area contributed by atoms with Crippen LogP contribution in [-0.2, 0) is 11.3 Å². The molecule has 1 amide bonds. The van der Waals surface area contributed by atoms with Crippen LogP contribution >= 0.6 is 11.3 Å². The molecule has 1 fully saturated rings. The lowest BCUT2D eigenvalue weighted by molar-refractivity contribution is -0.135. The van der Waals surface area contributed by atoms with Crippen LogP contribution in [0.1, 0.15) is 5.69 Å². The minimum Gasteiger partial charge on any atom is -0.484 e. The van der Waals surface area contributed by atoms with Crippen LogP contribution in [0.15, 0.2) is 59.4 Å². The minimum atomic E-state index is -0.361. The van der Waals surface area contributed by atoms with Gasteiger partial charge in [0.2, 0.25) is 4.96 Å². The van der Waals surface area contributed by atoms with Gasteiger partial charge in [0.05, 0.1) is 5.69 Å². The topological polar surface area (TPSA) is 80.0 Å². The zero-order valence-corrected chi connectivity index (χ0v) is 19.4. The predicted molar refractivity (Wildman–Crippen MR) is 126 cm³/mol. The van der Waals surface area contributed by atoms with Crippen molar-refractivity contribution in [1.29, 1.82) is 0 Å². The van der Waals surface area contributed by atoms with Gasteiger partial charge in [-0.05, 0) is 48.5 Å². The van der Waals surface area contributed by atoms with Gasteiger partial charge in [0.1, 0.15) is 22.4 Å². The van der Waals surface area contributed by atoms with Crippen molar-refractivity contribution >= 4 is 22.2 Å². The molecule has 0 unspecified atom stereocenters. The van der Waals surface area contributed by atoms with E-state index in [0.717, 1.165) is 0 Å². The Balaban J connectivity index is 1.18. The second kappa shape index (κ2) is 9.88. The monoisotopic (exact) mass is 497 g/mol. The molecular formula is C24H21F2N5O3S. The average molecular weight is 498 g/mol. The van der Waals surface area contributed by atoms with Gasteiger partial charge in [-0.1, -0.05) is 11.3 Å². The average Bonchev–Trinajstić information content (AvgIpc) is 3.29. The van der Waals surface area contributed by atoms with E-state index in [0.29, 0.717) is 59.7 Å². The molecule has 5 rings (SSSR count). The number of carbonyl (C=O) groups is 1. The number of piperazine rings is 1. The van der Waals surface area contributed by atoms with Gasteiger partial charge in [0.25, 0.3) is 11.5 Å². The summed E-state index contributed by atoms with van der Waals surface area (Å²) >= 11 is 1.27. The summed E-state index contributed by atoms with van der Waals surface area (Å²) in [5.74, 6) is -0.393. The van der Waals surface area contributed by atoms with Gasteiger partial charge in [0.15, 0.2) is 6.61 Å². The van der Waals surface area contributed by atoms with E-state index in [4.69, 9.17) is 4.74 Å². The largest absolute Gasteiger partial charge is 0.484 e. The van der Waals surface area contributed by atoms with Crippen molar-refractivity contribution < 1.29 is 18.3 Å². The molecule has 4 aromatic rings. The SMILES string of the molecule is O=C(COc1ccc(F)cc1)N1CCN(Cc2cc(=O)n3nc(-c4ccc(F)cc4)sc3n2)CC1. The standard InChI is InChI=1S/C24H21F2N5O3S/c25-17-3-1-16(2-4-17)23-28-31-21(32)13-19(27-24(31)35-23)14-29-9-11-30(12-10-29)22(33)15-34-20-7-5-18(26)6-8-20/h1-8,13H,9-12,14-15H2. The van der Waals surface area contributed by atoms with E-state index in [2.05, 4.69) is 15.0 Å². The first kappa shape index (κ1) is 23.1. The van der Waals surface area contributed by atoms with Gasteiger partial charge >= 0.3 is 0 Å². The van der Waals surface area contributed by atoms with Crippen LogP contribution in [0.3, 0.4) is 0 Å². The molecule has 1 aliphatic heterocycles. The lowest BCUT2D eigenvalue weighted by atomic mass is 10.2. The van der Waals surface area contributed by atoms with Gasteiger partial charge in [-0.25, -0.2) is 13.8 Å². The third kappa shape index (κ3) is 5.36. The van der Waals surface area contributed by atoms with Crippen LogP contribution in [-0.4, -0.2) is 63.1 Å². The molecule has 11 heteroatoms. The van der Waals surface area contributed by atoms with E-state index in [1.807, 2.05) is 0 Å². The van der Waals surface area contributed by atoms with E-state index >= 15 is 0 Å². The number of aromatic nitrogens is 3. The van der Waals surface area contributed by atoms with Crippen LogP contribution < -0.4 is 10.3 Å². The fraction of sp³-hybridized carbons (Fsp3) is 0.250. The number of benzene rings is 2. The minimum absolute atomic E-state index is 0.109. The summed E-state index contributed by atoms with van der Waals surface area (Å²) < 4.78 is 32.9. The second-order valence-corrected chi connectivity index (χ2v) is 9.05.